The molecule has 2 aromatic carbocycles. The molecule has 0 bridgehead atoms. The van der Waals surface area contributed by atoms with E-state index in [2.05, 4.69) is 10.9 Å². The molecular weight excluding hydrogens is 343 g/mol. The molecule has 5 nitrogen and oxygen atoms in total. The first kappa shape index (κ1) is 18.8. The van der Waals surface area contributed by atoms with E-state index in [0.717, 1.165) is 11.3 Å². The van der Waals surface area contributed by atoms with Crippen LogP contribution in [0.3, 0.4) is 0 Å². The third kappa shape index (κ3) is 5.79. The highest BCUT2D eigenvalue weighted by Crippen LogP contribution is 2.13. The van der Waals surface area contributed by atoms with E-state index in [1.807, 2.05) is 18.4 Å². The quantitative estimate of drug-likeness (QED) is 0.776. The van der Waals surface area contributed by atoms with Gasteiger partial charge in [-0.05, 0) is 55.1 Å². The van der Waals surface area contributed by atoms with Gasteiger partial charge in [-0.2, -0.15) is 11.8 Å². The van der Waals surface area contributed by atoms with Crippen molar-refractivity contribution in [2.75, 3.05) is 6.26 Å². The fraction of sp³-hybridized carbons (Fsp3) is 0.222. The van der Waals surface area contributed by atoms with Gasteiger partial charge in [0, 0.05) is 11.3 Å². The Labute approximate surface area is 149 Å². The molecule has 0 aromatic heterocycles. The molecule has 0 saturated heterocycles. The molecule has 1 atom stereocenters. The summed E-state index contributed by atoms with van der Waals surface area (Å²) in [6.45, 7) is 1.53. The molecule has 132 valence electrons. The maximum atomic E-state index is 12.8. The van der Waals surface area contributed by atoms with Crippen LogP contribution in [0.25, 0.3) is 0 Å². The Hall–Kier alpha value is -2.54. The third-order valence-electron chi connectivity index (χ3n) is 3.32. The fourth-order valence-corrected chi connectivity index (χ4v) is 2.51. The lowest BCUT2D eigenvalue weighted by Crippen LogP contribution is -2.47. The zero-order chi connectivity index (χ0) is 18.2. The van der Waals surface area contributed by atoms with Crippen molar-refractivity contribution in [2.24, 2.45) is 0 Å². The molecule has 1 unspecified atom stereocenters. The number of halogens is 1. The van der Waals surface area contributed by atoms with E-state index in [1.54, 1.807) is 23.9 Å². The Bertz CT molecular complexity index is 720. The van der Waals surface area contributed by atoms with Crippen molar-refractivity contribution >= 4 is 23.6 Å². The monoisotopic (exact) mass is 362 g/mol. The molecule has 2 rings (SSSR count). The number of rotatable bonds is 6. The van der Waals surface area contributed by atoms with Crippen LogP contribution < -0.4 is 15.6 Å². The van der Waals surface area contributed by atoms with Crippen molar-refractivity contribution in [2.45, 2.75) is 18.8 Å². The Morgan fingerprint density at radius 3 is 2.32 bits per heavy atom. The van der Waals surface area contributed by atoms with Crippen molar-refractivity contribution in [3.63, 3.8) is 0 Å². The highest BCUT2D eigenvalue weighted by Gasteiger charge is 2.16. The van der Waals surface area contributed by atoms with E-state index in [1.165, 1.54) is 31.2 Å². The smallest absolute Gasteiger partial charge is 0.279 e. The molecule has 0 aliphatic carbocycles. The van der Waals surface area contributed by atoms with E-state index in [0.29, 0.717) is 11.3 Å². The minimum Gasteiger partial charge on any atom is -0.481 e. The Kier molecular flexibility index (Phi) is 6.82. The molecule has 25 heavy (non-hydrogen) atoms. The first-order chi connectivity index (χ1) is 12.0. The van der Waals surface area contributed by atoms with Crippen LogP contribution in [0.4, 0.5) is 4.39 Å². The van der Waals surface area contributed by atoms with Crippen molar-refractivity contribution < 1.29 is 18.7 Å². The fourth-order valence-electron chi connectivity index (χ4n) is 1.98. The average Bonchev–Trinajstić information content (AvgIpc) is 2.62. The summed E-state index contributed by atoms with van der Waals surface area (Å²) in [7, 11) is 0. The second-order valence-corrected chi connectivity index (χ2v) is 6.15. The first-order valence-corrected chi connectivity index (χ1v) is 8.99. The predicted molar refractivity (Wildman–Crippen MR) is 95.8 cm³/mol. The van der Waals surface area contributed by atoms with Crippen LogP contribution in [-0.2, 0) is 10.5 Å². The molecule has 0 aliphatic rings. The zero-order valence-electron chi connectivity index (χ0n) is 13.9. The summed E-state index contributed by atoms with van der Waals surface area (Å²) in [5.41, 5.74) is 6.21. The largest absolute Gasteiger partial charge is 0.481 e. The minimum absolute atomic E-state index is 0.361. The second kappa shape index (κ2) is 9.08. The lowest BCUT2D eigenvalue weighted by atomic mass is 10.1. The van der Waals surface area contributed by atoms with Gasteiger partial charge in [0.1, 0.15) is 11.6 Å². The maximum Gasteiger partial charge on any atom is 0.279 e. The lowest BCUT2D eigenvalue weighted by molar-refractivity contribution is -0.128. The first-order valence-electron chi connectivity index (χ1n) is 7.60. The van der Waals surface area contributed by atoms with Gasteiger partial charge in [0.05, 0.1) is 0 Å². The Morgan fingerprint density at radius 1 is 1.08 bits per heavy atom. The molecular formula is C18H19FN2O3S. The number of amides is 2. The number of benzene rings is 2. The van der Waals surface area contributed by atoms with Gasteiger partial charge >= 0.3 is 0 Å². The molecule has 2 N–H and O–H groups in total. The molecule has 0 radical (unpaired) electrons. The Morgan fingerprint density at radius 2 is 1.72 bits per heavy atom. The number of nitrogens with one attached hydrogen (secondary N) is 2. The molecule has 0 saturated carbocycles. The van der Waals surface area contributed by atoms with Gasteiger partial charge < -0.3 is 4.74 Å². The van der Waals surface area contributed by atoms with Gasteiger partial charge in [0.25, 0.3) is 11.8 Å². The highest BCUT2D eigenvalue weighted by atomic mass is 32.2. The van der Waals surface area contributed by atoms with Gasteiger partial charge in [0.2, 0.25) is 0 Å². The van der Waals surface area contributed by atoms with Gasteiger partial charge in [-0.1, -0.05) is 12.1 Å². The van der Waals surface area contributed by atoms with Gasteiger partial charge in [-0.25, -0.2) is 4.39 Å². The van der Waals surface area contributed by atoms with Crippen LogP contribution in [0.5, 0.6) is 5.75 Å². The van der Waals surface area contributed by atoms with Gasteiger partial charge in [-0.3, -0.25) is 20.4 Å². The summed E-state index contributed by atoms with van der Waals surface area (Å²) in [4.78, 5) is 24.0. The van der Waals surface area contributed by atoms with Crippen LogP contribution in [0.2, 0.25) is 0 Å². The molecule has 0 heterocycles. The van der Waals surface area contributed by atoms with E-state index >= 15 is 0 Å². The van der Waals surface area contributed by atoms with E-state index in [9.17, 15) is 14.0 Å². The summed E-state index contributed by atoms with van der Waals surface area (Å²) >= 11 is 1.70. The molecule has 2 aromatic rings. The number of carbonyl (C=O) groups excluding carboxylic acids is 2. The van der Waals surface area contributed by atoms with Crippen LogP contribution in [-0.4, -0.2) is 24.2 Å². The standard InChI is InChI=1S/C18H19FN2O3S/c1-12(24-16-9-7-15(19)8-10-16)17(22)20-21-18(23)14-5-3-13(4-6-14)11-25-2/h3-10,12H,11H2,1-2H3,(H,20,22)(H,21,23). The number of carbonyl (C=O) groups is 2. The predicted octanol–water partition coefficient (Wildman–Crippen LogP) is 2.92. The number of hydrazine groups is 1. The number of hydrogen-bond donors (Lipinski definition) is 2. The maximum absolute atomic E-state index is 12.8. The van der Waals surface area contributed by atoms with Crippen LogP contribution in [0.1, 0.15) is 22.8 Å². The molecule has 2 amide bonds. The average molecular weight is 362 g/mol. The van der Waals surface area contributed by atoms with Crippen molar-refractivity contribution in [1.29, 1.82) is 0 Å². The second-order valence-electron chi connectivity index (χ2n) is 5.29. The normalized spacial score (nSPS) is 11.5. The number of thioether (sulfide) groups is 1. The van der Waals surface area contributed by atoms with E-state index < -0.39 is 17.9 Å². The van der Waals surface area contributed by atoms with Crippen LogP contribution in [0, 0.1) is 5.82 Å². The molecule has 0 spiro atoms. The van der Waals surface area contributed by atoms with Crippen LogP contribution in [0.15, 0.2) is 48.5 Å². The van der Waals surface area contributed by atoms with E-state index in [4.69, 9.17) is 4.74 Å². The summed E-state index contributed by atoms with van der Waals surface area (Å²) < 4.78 is 18.2. The Balaban J connectivity index is 1.83. The molecule has 0 aliphatic heterocycles. The molecule has 7 heteroatoms. The molecule has 0 fully saturated rings. The van der Waals surface area contributed by atoms with Crippen molar-refractivity contribution in [3.05, 3.63) is 65.5 Å². The van der Waals surface area contributed by atoms with Gasteiger partial charge in [0.15, 0.2) is 6.10 Å². The summed E-state index contributed by atoms with van der Waals surface area (Å²) in [5, 5.41) is 0. The number of hydrogen-bond acceptors (Lipinski definition) is 4. The van der Waals surface area contributed by atoms with Crippen molar-refractivity contribution in [3.8, 4) is 5.75 Å². The SMILES string of the molecule is CSCc1ccc(C(=O)NNC(=O)C(C)Oc2ccc(F)cc2)cc1. The lowest BCUT2D eigenvalue weighted by Gasteiger charge is -2.15. The van der Waals surface area contributed by atoms with Crippen molar-refractivity contribution in [1.82, 2.24) is 10.9 Å². The third-order valence-corrected chi connectivity index (χ3v) is 3.94. The van der Waals surface area contributed by atoms with Crippen LogP contribution >= 0.6 is 11.8 Å². The highest BCUT2D eigenvalue weighted by molar-refractivity contribution is 7.97. The van der Waals surface area contributed by atoms with E-state index in [-0.39, 0.29) is 5.82 Å². The summed E-state index contributed by atoms with van der Waals surface area (Å²) in [5.74, 6) is -0.0913. The number of ether oxygens (including phenoxy) is 1. The zero-order valence-corrected chi connectivity index (χ0v) is 14.7. The summed E-state index contributed by atoms with van der Waals surface area (Å²) in [6.07, 6.45) is 1.15. The van der Waals surface area contributed by atoms with Gasteiger partial charge in [-0.15, -0.1) is 0 Å². The minimum atomic E-state index is -0.852. The topological polar surface area (TPSA) is 67.4 Å². The summed E-state index contributed by atoms with van der Waals surface area (Å²) in [6, 6.07) is 12.5.